The van der Waals surface area contributed by atoms with E-state index < -0.39 is 0 Å². The van der Waals surface area contributed by atoms with Gasteiger partial charge in [-0.2, -0.15) is 0 Å². The van der Waals surface area contributed by atoms with Crippen LogP contribution in [0.1, 0.15) is 20.3 Å². The average molecular weight is 241 g/mol. The fraction of sp³-hybridized carbons (Fsp3) is 0.538. The first-order chi connectivity index (χ1) is 7.92. The number of benzene rings is 1. The number of halogens is 1. The summed E-state index contributed by atoms with van der Waals surface area (Å²) in [5, 5.41) is 9.05. The van der Waals surface area contributed by atoms with E-state index in [1.54, 1.807) is 13.2 Å². The Morgan fingerprint density at radius 1 is 1.41 bits per heavy atom. The molecule has 0 radical (unpaired) electrons. The van der Waals surface area contributed by atoms with Crippen LogP contribution in [0, 0.1) is 5.82 Å². The van der Waals surface area contributed by atoms with Crippen LogP contribution >= 0.6 is 0 Å². The van der Waals surface area contributed by atoms with Gasteiger partial charge in [-0.15, -0.1) is 0 Å². The van der Waals surface area contributed by atoms with Crippen LogP contribution in [0.15, 0.2) is 18.2 Å². The highest BCUT2D eigenvalue weighted by molar-refractivity contribution is 5.59. The maximum atomic E-state index is 13.3. The van der Waals surface area contributed by atoms with Gasteiger partial charge in [0, 0.05) is 25.3 Å². The summed E-state index contributed by atoms with van der Waals surface area (Å²) in [5.41, 5.74) is 0.418. The predicted octanol–water partition coefficient (Wildman–Crippen LogP) is 2.43. The van der Waals surface area contributed by atoms with Gasteiger partial charge in [0.1, 0.15) is 11.6 Å². The van der Waals surface area contributed by atoms with Gasteiger partial charge in [-0.25, -0.2) is 4.39 Å². The third-order valence-corrected chi connectivity index (χ3v) is 3.13. The predicted molar refractivity (Wildman–Crippen MR) is 67.1 cm³/mol. The Kier molecular flexibility index (Phi) is 4.34. The largest absolute Gasteiger partial charge is 0.495 e. The molecule has 1 aromatic carbocycles. The molecule has 17 heavy (non-hydrogen) atoms. The average Bonchev–Trinajstić information content (AvgIpc) is 2.28. The van der Waals surface area contributed by atoms with Crippen LogP contribution < -0.4 is 9.64 Å². The topological polar surface area (TPSA) is 32.7 Å². The maximum absolute atomic E-state index is 13.3. The van der Waals surface area contributed by atoms with Crippen molar-refractivity contribution >= 4 is 5.69 Å². The second-order valence-electron chi connectivity index (χ2n) is 4.66. The molecule has 0 heterocycles. The molecule has 0 aliphatic rings. The molecule has 4 heteroatoms. The van der Waals surface area contributed by atoms with Gasteiger partial charge in [0.25, 0.3) is 0 Å². The summed E-state index contributed by atoms with van der Waals surface area (Å²) in [6, 6.07) is 4.42. The fourth-order valence-corrected chi connectivity index (χ4v) is 1.69. The molecule has 0 amide bonds. The molecular weight excluding hydrogens is 221 g/mol. The van der Waals surface area contributed by atoms with Gasteiger partial charge in [0.05, 0.1) is 12.8 Å². The Morgan fingerprint density at radius 3 is 2.59 bits per heavy atom. The summed E-state index contributed by atoms with van der Waals surface area (Å²) in [6.45, 7) is 4.08. The highest BCUT2D eigenvalue weighted by Gasteiger charge is 2.25. The lowest BCUT2D eigenvalue weighted by molar-refractivity contribution is 0.250. The van der Waals surface area contributed by atoms with Crippen molar-refractivity contribution in [2.45, 2.75) is 25.8 Å². The van der Waals surface area contributed by atoms with Crippen LogP contribution in [0.25, 0.3) is 0 Å². The van der Waals surface area contributed by atoms with E-state index in [0.29, 0.717) is 17.9 Å². The molecule has 0 fully saturated rings. The van der Waals surface area contributed by atoms with Gasteiger partial charge in [-0.1, -0.05) is 0 Å². The molecule has 1 N–H and O–H groups in total. The third-order valence-electron chi connectivity index (χ3n) is 3.13. The zero-order valence-corrected chi connectivity index (χ0v) is 10.8. The van der Waals surface area contributed by atoms with Crippen molar-refractivity contribution in [2.24, 2.45) is 0 Å². The van der Waals surface area contributed by atoms with E-state index in [0.717, 1.165) is 0 Å². The van der Waals surface area contributed by atoms with Crippen molar-refractivity contribution in [3.63, 3.8) is 0 Å². The molecule has 0 atom stereocenters. The van der Waals surface area contributed by atoms with Crippen molar-refractivity contribution < 1.29 is 14.2 Å². The molecule has 0 saturated heterocycles. The minimum Gasteiger partial charge on any atom is -0.495 e. The quantitative estimate of drug-likeness (QED) is 0.859. The van der Waals surface area contributed by atoms with Crippen LogP contribution in [0.5, 0.6) is 5.75 Å². The summed E-state index contributed by atoms with van der Waals surface area (Å²) < 4.78 is 18.5. The lowest BCUT2D eigenvalue weighted by atomic mass is 9.98. The van der Waals surface area contributed by atoms with Crippen molar-refractivity contribution in [2.75, 3.05) is 25.7 Å². The lowest BCUT2D eigenvalue weighted by Crippen LogP contribution is -2.42. The standard InChI is InChI=1S/C13H20FNO2/c1-13(2,7-8-16)15(3)11-9-10(14)5-6-12(11)17-4/h5-6,9,16H,7-8H2,1-4H3. The van der Waals surface area contributed by atoms with Gasteiger partial charge in [0.15, 0.2) is 0 Å². The number of hydrogen-bond acceptors (Lipinski definition) is 3. The number of rotatable bonds is 5. The molecule has 0 aliphatic heterocycles. The summed E-state index contributed by atoms with van der Waals surface area (Å²) >= 11 is 0. The van der Waals surface area contributed by atoms with Crippen LogP contribution in [0.2, 0.25) is 0 Å². The van der Waals surface area contributed by atoms with E-state index in [1.807, 2.05) is 25.8 Å². The van der Waals surface area contributed by atoms with Crippen LogP contribution in [-0.2, 0) is 0 Å². The second kappa shape index (κ2) is 5.36. The molecule has 1 rings (SSSR count). The van der Waals surface area contributed by atoms with E-state index in [9.17, 15) is 4.39 Å². The second-order valence-corrected chi connectivity index (χ2v) is 4.66. The highest BCUT2D eigenvalue weighted by atomic mass is 19.1. The zero-order valence-electron chi connectivity index (χ0n) is 10.8. The number of aliphatic hydroxyl groups excluding tert-OH is 1. The maximum Gasteiger partial charge on any atom is 0.142 e. The molecular formula is C13H20FNO2. The first-order valence-electron chi connectivity index (χ1n) is 5.60. The molecule has 0 unspecified atom stereocenters. The Bertz CT molecular complexity index is 380. The first-order valence-corrected chi connectivity index (χ1v) is 5.60. The SMILES string of the molecule is COc1ccc(F)cc1N(C)C(C)(C)CCO. The number of aliphatic hydroxyl groups is 1. The molecule has 0 saturated carbocycles. The highest BCUT2D eigenvalue weighted by Crippen LogP contribution is 2.33. The van der Waals surface area contributed by atoms with Gasteiger partial charge < -0.3 is 14.7 Å². The summed E-state index contributed by atoms with van der Waals surface area (Å²) in [7, 11) is 3.43. The van der Waals surface area contributed by atoms with Gasteiger partial charge in [0.2, 0.25) is 0 Å². The van der Waals surface area contributed by atoms with Crippen LogP contribution in [0.3, 0.4) is 0 Å². The normalized spacial score (nSPS) is 11.4. The first kappa shape index (κ1) is 13.8. The number of ether oxygens (including phenoxy) is 1. The van der Waals surface area contributed by atoms with Crippen molar-refractivity contribution in [1.82, 2.24) is 0 Å². The molecule has 96 valence electrons. The summed E-state index contributed by atoms with van der Waals surface area (Å²) in [6.07, 6.45) is 0.600. The fourth-order valence-electron chi connectivity index (χ4n) is 1.69. The Labute approximate surface area is 102 Å². The number of hydrogen-bond donors (Lipinski definition) is 1. The minimum atomic E-state index is -0.299. The smallest absolute Gasteiger partial charge is 0.142 e. The molecule has 0 spiro atoms. The van der Waals surface area contributed by atoms with Crippen molar-refractivity contribution in [3.8, 4) is 5.75 Å². The number of nitrogens with zero attached hydrogens (tertiary/aromatic N) is 1. The summed E-state index contributed by atoms with van der Waals surface area (Å²) in [4.78, 5) is 1.92. The van der Waals surface area contributed by atoms with E-state index in [1.165, 1.54) is 12.1 Å². The molecule has 1 aromatic rings. The minimum absolute atomic E-state index is 0.0922. The Morgan fingerprint density at radius 2 is 2.06 bits per heavy atom. The molecule has 3 nitrogen and oxygen atoms in total. The van der Waals surface area contributed by atoms with Crippen molar-refractivity contribution in [3.05, 3.63) is 24.0 Å². The molecule has 0 bridgehead atoms. The Balaban J connectivity index is 3.09. The van der Waals surface area contributed by atoms with Gasteiger partial charge in [-0.05, 0) is 32.4 Å². The number of methoxy groups -OCH3 is 1. The lowest BCUT2D eigenvalue weighted by Gasteiger charge is -2.37. The van der Waals surface area contributed by atoms with Gasteiger partial charge in [-0.3, -0.25) is 0 Å². The van der Waals surface area contributed by atoms with Gasteiger partial charge >= 0.3 is 0 Å². The summed E-state index contributed by atoms with van der Waals surface area (Å²) in [5.74, 6) is 0.326. The van der Waals surface area contributed by atoms with E-state index in [-0.39, 0.29) is 18.0 Å². The monoisotopic (exact) mass is 241 g/mol. The van der Waals surface area contributed by atoms with E-state index in [2.05, 4.69) is 0 Å². The van der Waals surface area contributed by atoms with Crippen LogP contribution in [-0.4, -0.2) is 31.4 Å². The van der Waals surface area contributed by atoms with Crippen LogP contribution in [0.4, 0.5) is 10.1 Å². The number of anilines is 1. The third kappa shape index (κ3) is 3.09. The Hall–Kier alpha value is -1.29. The molecule has 0 aliphatic carbocycles. The zero-order chi connectivity index (χ0) is 13.1. The van der Waals surface area contributed by atoms with E-state index in [4.69, 9.17) is 9.84 Å². The molecule has 0 aromatic heterocycles. The van der Waals surface area contributed by atoms with E-state index >= 15 is 0 Å². The van der Waals surface area contributed by atoms with Crippen molar-refractivity contribution in [1.29, 1.82) is 0 Å².